The van der Waals surface area contributed by atoms with E-state index in [0.29, 0.717) is 19.5 Å². The molecule has 178 valence electrons. The van der Waals surface area contributed by atoms with Gasteiger partial charge in [0.15, 0.2) is 0 Å². The Morgan fingerprint density at radius 1 is 0.882 bits per heavy atom. The van der Waals surface area contributed by atoms with Crippen molar-refractivity contribution in [1.29, 1.82) is 0 Å². The van der Waals surface area contributed by atoms with E-state index in [1.165, 1.54) is 5.56 Å². The summed E-state index contributed by atoms with van der Waals surface area (Å²) in [6, 6.07) is 23.3. The second-order valence-electron chi connectivity index (χ2n) is 8.74. The van der Waals surface area contributed by atoms with Gasteiger partial charge in [0.2, 0.25) is 11.8 Å². The van der Waals surface area contributed by atoms with E-state index >= 15 is 0 Å². The van der Waals surface area contributed by atoms with Crippen LogP contribution in [0.4, 0.5) is 0 Å². The van der Waals surface area contributed by atoms with Gasteiger partial charge in [0.25, 0.3) is 0 Å². The lowest BCUT2D eigenvalue weighted by atomic mass is 10.00. The van der Waals surface area contributed by atoms with Crippen molar-refractivity contribution >= 4 is 27.7 Å². The largest absolute Gasteiger partial charge is 0.354 e. The topological polar surface area (TPSA) is 49.4 Å². The first-order valence-electron chi connectivity index (χ1n) is 11.8. The molecule has 3 aromatic carbocycles. The number of amides is 2. The highest BCUT2D eigenvalue weighted by molar-refractivity contribution is 9.10. The maximum Gasteiger partial charge on any atom is 0.243 e. The second kappa shape index (κ2) is 12.5. The summed E-state index contributed by atoms with van der Waals surface area (Å²) in [5.41, 5.74) is 5.31. The third-order valence-corrected chi connectivity index (χ3v) is 6.48. The van der Waals surface area contributed by atoms with Crippen LogP contribution in [0.15, 0.2) is 77.3 Å². The van der Waals surface area contributed by atoms with Gasteiger partial charge in [0.1, 0.15) is 6.04 Å². The zero-order valence-electron chi connectivity index (χ0n) is 20.2. The zero-order valence-corrected chi connectivity index (χ0v) is 21.8. The quantitative estimate of drug-likeness (QED) is 0.368. The molecule has 0 spiro atoms. The van der Waals surface area contributed by atoms with Gasteiger partial charge in [-0.25, -0.2) is 0 Å². The summed E-state index contributed by atoms with van der Waals surface area (Å²) >= 11 is 3.53. The van der Waals surface area contributed by atoms with Gasteiger partial charge in [-0.15, -0.1) is 0 Å². The molecule has 0 aliphatic carbocycles. The Kier molecular flexibility index (Phi) is 9.46. The van der Waals surface area contributed by atoms with E-state index in [2.05, 4.69) is 41.2 Å². The van der Waals surface area contributed by atoms with Crippen LogP contribution in [0.2, 0.25) is 0 Å². The first kappa shape index (κ1) is 25.7. The minimum atomic E-state index is -0.605. The number of hydrogen-bond acceptors (Lipinski definition) is 2. The summed E-state index contributed by atoms with van der Waals surface area (Å²) in [7, 11) is 0. The fourth-order valence-corrected chi connectivity index (χ4v) is 4.39. The Morgan fingerprint density at radius 2 is 1.62 bits per heavy atom. The lowest BCUT2D eigenvalue weighted by molar-refractivity contribution is -0.140. The molecule has 0 fully saturated rings. The summed E-state index contributed by atoms with van der Waals surface area (Å²) < 4.78 is 0.946. The van der Waals surface area contributed by atoms with E-state index in [1.54, 1.807) is 4.90 Å². The van der Waals surface area contributed by atoms with E-state index < -0.39 is 6.04 Å². The third kappa shape index (κ3) is 7.29. The average Bonchev–Trinajstić information content (AvgIpc) is 2.82. The molecule has 4 nitrogen and oxygen atoms in total. The van der Waals surface area contributed by atoms with E-state index in [0.717, 1.165) is 33.1 Å². The molecule has 0 aromatic heterocycles. The fraction of sp³-hybridized carbons (Fsp3) is 0.310. The number of carbonyl (C=O) groups is 2. The van der Waals surface area contributed by atoms with Crippen LogP contribution in [-0.2, 0) is 29.0 Å². The summed E-state index contributed by atoms with van der Waals surface area (Å²) in [5, 5.41) is 3.02. The fourth-order valence-electron chi connectivity index (χ4n) is 3.94. The zero-order chi connectivity index (χ0) is 24.5. The molecule has 3 rings (SSSR count). The number of carbonyl (C=O) groups excluding carboxylic acids is 2. The molecule has 0 saturated carbocycles. The monoisotopic (exact) mass is 520 g/mol. The van der Waals surface area contributed by atoms with Crippen LogP contribution in [0.5, 0.6) is 0 Å². The van der Waals surface area contributed by atoms with Gasteiger partial charge in [-0.05, 0) is 60.2 Å². The van der Waals surface area contributed by atoms with Crippen molar-refractivity contribution in [2.45, 2.75) is 52.6 Å². The highest BCUT2D eigenvalue weighted by Crippen LogP contribution is 2.19. The van der Waals surface area contributed by atoms with Crippen LogP contribution in [0, 0.1) is 13.8 Å². The molecule has 1 N–H and O–H groups in total. The molecule has 0 unspecified atom stereocenters. The Balaban J connectivity index is 1.96. The van der Waals surface area contributed by atoms with Crippen LogP contribution in [0.3, 0.4) is 0 Å². The highest BCUT2D eigenvalue weighted by Gasteiger charge is 2.30. The lowest BCUT2D eigenvalue weighted by Crippen LogP contribution is -2.51. The number of benzene rings is 3. The van der Waals surface area contributed by atoms with Crippen molar-refractivity contribution in [1.82, 2.24) is 10.2 Å². The molecule has 34 heavy (non-hydrogen) atoms. The highest BCUT2D eigenvalue weighted by atomic mass is 79.9. The molecule has 1 atom stereocenters. The Bertz CT molecular complexity index is 1110. The standard InChI is InChI=1S/C29H33BrN2O2/c1-4-15-31-29(34)27(18-23-9-6-5-7-10-23)32(20-25-11-8-12-26(30)17-25)28(33)19-24-14-13-21(2)22(3)16-24/h5-14,16-17,27H,4,15,18-20H2,1-3H3,(H,31,34)/t27-/m1/s1. The van der Waals surface area contributed by atoms with Crippen molar-refractivity contribution in [3.63, 3.8) is 0 Å². The van der Waals surface area contributed by atoms with E-state index in [9.17, 15) is 9.59 Å². The van der Waals surface area contributed by atoms with Crippen LogP contribution in [0.1, 0.15) is 41.2 Å². The number of halogens is 1. The number of nitrogens with one attached hydrogen (secondary N) is 1. The van der Waals surface area contributed by atoms with Crippen LogP contribution >= 0.6 is 15.9 Å². The maximum absolute atomic E-state index is 13.7. The molecule has 5 heteroatoms. The smallest absolute Gasteiger partial charge is 0.243 e. The normalized spacial score (nSPS) is 11.6. The molecule has 2 amide bonds. The minimum absolute atomic E-state index is 0.0594. The molecule has 0 aliphatic rings. The van der Waals surface area contributed by atoms with Crippen molar-refractivity contribution in [3.8, 4) is 0 Å². The molecule has 0 heterocycles. The summed E-state index contributed by atoms with van der Waals surface area (Å²) in [5.74, 6) is -0.176. The van der Waals surface area contributed by atoms with Gasteiger partial charge in [-0.1, -0.05) is 83.5 Å². The Labute approximate surface area is 211 Å². The first-order chi connectivity index (χ1) is 16.4. The predicted molar refractivity (Wildman–Crippen MR) is 142 cm³/mol. The van der Waals surface area contributed by atoms with Crippen LogP contribution < -0.4 is 5.32 Å². The van der Waals surface area contributed by atoms with Gasteiger partial charge >= 0.3 is 0 Å². The van der Waals surface area contributed by atoms with Gasteiger partial charge in [0, 0.05) is 24.0 Å². The van der Waals surface area contributed by atoms with Crippen molar-refractivity contribution in [2.75, 3.05) is 6.54 Å². The van der Waals surface area contributed by atoms with E-state index in [4.69, 9.17) is 0 Å². The molecular weight excluding hydrogens is 488 g/mol. The molecule has 0 aliphatic heterocycles. The molecular formula is C29H33BrN2O2. The average molecular weight is 521 g/mol. The maximum atomic E-state index is 13.7. The molecule has 3 aromatic rings. The SMILES string of the molecule is CCCNC(=O)[C@@H](Cc1ccccc1)N(Cc1cccc(Br)c1)C(=O)Cc1ccc(C)c(C)c1. The van der Waals surface area contributed by atoms with Crippen LogP contribution in [0.25, 0.3) is 0 Å². The van der Waals surface area contributed by atoms with Crippen molar-refractivity contribution in [3.05, 3.63) is 105 Å². The van der Waals surface area contributed by atoms with E-state index in [-0.39, 0.29) is 18.2 Å². The lowest BCUT2D eigenvalue weighted by Gasteiger charge is -2.32. The number of hydrogen-bond donors (Lipinski definition) is 1. The summed E-state index contributed by atoms with van der Waals surface area (Å²) in [6.07, 6.45) is 1.55. The predicted octanol–water partition coefficient (Wildman–Crippen LogP) is 5.77. The molecule has 0 saturated heterocycles. The molecule has 0 radical (unpaired) electrons. The number of rotatable bonds is 10. The van der Waals surface area contributed by atoms with E-state index in [1.807, 2.05) is 73.7 Å². The Hall–Kier alpha value is -2.92. The first-order valence-corrected chi connectivity index (χ1v) is 12.6. The van der Waals surface area contributed by atoms with Crippen molar-refractivity contribution < 1.29 is 9.59 Å². The summed E-state index contributed by atoms with van der Waals surface area (Å²) in [4.78, 5) is 28.8. The number of aryl methyl sites for hydroxylation is 2. The minimum Gasteiger partial charge on any atom is -0.354 e. The summed E-state index contributed by atoms with van der Waals surface area (Å²) in [6.45, 7) is 7.09. The van der Waals surface area contributed by atoms with Gasteiger partial charge in [-0.2, -0.15) is 0 Å². The van der Waals surface area contributed by atoms with Crippen molar-refractivity contribution in [2.24, 2.45) is 0 Å². The van der Waals surface area contributed by atoms with Crippen LogP contribution in [-0.4, -0.2) is 29.3 Å². The van der Waals surface area contributed by atoms with Gasteiger partial charge < -0.3 is 10.2 Å². The molecule has 0 bridgehead atoms. The third-order valence-electron chi connectivity index (χ3n) is 5.99. The van der Waals surface area contributed by atoms with Gasteiger partial charge in [-0.3, -0.25) is 9.59 Å². The number of nitrogens with zero attached hydrogens (tertiary/aromatic N) is 1. The van der Waals surface area contributed by atoms with Gasteiger partial charge in [0.05, 0.1) is 6.42 Å². The second-order valence-corrected chi connectivity index (χ2v) is 9.66. The Morgan fingerprint density at radius 3 is 2.29 bits per heavy atom.